The molecule has 18 heavy (non-hydrogen) atoms. The maximum Gasteiger partial charge on any atom is 0.0730 e. The van der Waals surface area contributed by atoms with E-state index in [-0.39, 0.29) is 0 Å². The minimum Gasteiger partial charge on any atom is -0.375 e. The van der Waals surface area contributed by atoms with Gasteiger partial charge >= 0.3 is 0 Å². The predicted octanol–water partition coefficient (Wildman–Crippen LogP) is 2.16. The van der Waals surface area contributed by atoms with Crippen LogP contribution in [0.15, 0.2) is 0 Å². The van der Waals surface area contributed by atoms with Crippen LogP contribution in [0.5, 0.6) is 0 Å². The highest BCUT2D eigenvalue weighted by atomic mass is 16.5. The third-order valence-electron chi connectivity index (χ3n) is 5.03. The highest BCUT2D eigenvalue weighted by molar-refractivity contribution is 4.89. The molecule has 0 bridgehead atoms. The van der Waals surface area contributed by atoms with E-state index in [1.807, 2.05) is 0 Å². The van der Waals surface area contributed by atoms with Crippen molar-refractivity contribution in [3.05, 3.63) is 0 Å². The molecule has 0 radical (unpaired) electrons. The van der Waals surface area contributed by atoms with E-state index in [0.29, 0.717) is 6.10 Å². The minimum atomic E-state index is 0.549. The Hall–Kier alpha value is -0.120. The summed E-state index contributed by atoms with van der Waals surface area (Å²) in [5, 5.41) is 3.77. The smallest absolute Gasteiger partial charge is 0.0730 e. The SMILES string of the molecule is C1CCC(NCCN2CCOC3CCCC32)CC1. The van der Waals surface area contributed by atoms with Crippen LogP contribution in [0.2, 0.25) is 0 Å². The Morgan fingerprint density at radius 1 is 1.00 bits per heavy atom. The number of hydrogen-bond donors (Lipinski definition) is 1. The van der Waals surface area contributed by atoms with E-state index in [4.69, 9.17) is 4.74 Å². The van der Waals surface area contributed by atoms with Crippen LogP contribution in [0.4, 0.5) is 0 Å². The number of rotatable bonds is 4. The van der Waals surface area contributed by atoms with Crippen molar-refractivity contribution in [2.45, 2.75) is 69.6 Å². The molecule has 3 fully saturated rings. The predicted molar refractivity (Wildman–Crippen MR) is 73.8 cm³/mol. The third kappa shape index (κ3) is 3.06. The summed E-state index contributed by atoms with van der Waals surface area (Å²) in [5.74, 6) is 0. The van der Waals surface area contributed by atoms with Crippen molar-refractivity contribution in [3.8, 4) is 0 Å². The monoisotopic (exact) mass is 252 g/mol. The molecule has 3 rings (SSSR count). The van der Waals surface area contributed by atoms with Crippen molar-refractivity contribution in [1.29, 1.82) is 0 Å². The van der Waals surface area contributed by atoms with Gasteiger partial charge in [0.25, 0.3) is 0 Å². The number of ether oxygens (including phenoxy) is 1. The summed E-state index contributed by atoms with van der Waals surface area (Å²) in [6.07, 6.45) is 11.7. The van der Waals surface area contributed by atoms with Crippen LogP contribution in [0, 0.1) is 0 Å². The highest BCUT2D eigenvalue weighted by Crippen LogP contribution is 2.29. The van der Waals surface area contributed by atoms with Gasteiger partial charge in [-0.3, -0.25) is 4.90 Å². The first-order valence-electron chi connectivity index (χ1n) is 8.02. The van der Waals surface area contributed by atoms with Crippen molar-refractivity contribution in [1.82, 2.24) is 10.2 Å². The third-order valence-corrected chi connectivity index (χ3v) is 5.03. The molecule has 0 amide bonds. The maximum absolute atomic E-state index is 5.87. The average molecular weight is 252 g/mol. The van der Waals surface area contributed by atoms with Gasteiger partial charge < -0.3 is 10.1 Å². The second-order valence-electron chi connectivity index (χ2n) is 6.23. The molecule has 0 spiro atoms. The van der Waals surface area contributed by atoms with Crippen LogP contribution in [-0.2, 0) is 4.74 Å². The van der Waals surface area contributed by atoms with E-state index < -0.39 is 0 Å². The first kappa shape index (κ1) is 12.9. The fraction of sp³-hybridized carbons (Fsp3) is 1.00. The van der Waals surface area contributed by atoms with Gasteiger partial charge in [0.05, 0.1) is 12.7 Å². The molecule has 1 heterocycles. The summed E-state index contributed by atoms with van der Waals surface area (Å²) in [6, 6.07) is 1.53. The van der Waals surface area contributed by atoms with Gasteiger partial charge in [-0.25, -0.2) is 0 Å². The highest BCUT2D eigenvalue weighted by Gasteiger charge is 2.35. The molecule has 104 valence electrons. The zero-order chi connectivity index (χ0) is 12.2. The summed E-state index contributed by atoms with van der Waals surface area (Å²) in [7, 11) is 0. The molecule has 3 nitrogen and oxygen atoms in total. The molecule has 1 aliphatic heterocycles. The summed E-state index contributed by atoms with van der Waals surface area (Å²) in [4.78, 5) is 2.68. The van der Waals surface area contributed by atoms with Crippen LogP contribution in [-0.4, -0.2) is 49.3 Å². The van der Waals surface area contributed by atoms with Crippen LogP contribution >= 0.6 is 0 Å². The minimum absolute atomic E-state index is 0.549. The van der Waals surface area contributed by atoms with Crippen molar-refractivity contribution >= 4 is 0 Å². The van der Waals surface area contributed by atoms with E-state index >= 15 is 0 Å². The second kappa shape index (κ2) is 6.36. The van der Waals surface area contributed by atoms with Gasteiger partial charge in [-0.15, -0.1) is 0 Å². The molecule has 0 aromatic heterocycles. The normalized spacial score (nSPS) is 34.7. The van der Waals surface area contributed by atoms with Crippen LogP contribution in [0.3, 0.4) is 0 Å². The summed E-state index contributed by atoms with van der Waals surface area (Å²) >= 11 is 0. The van der Waals surface area contributed by atoms with E-state index in [1.165, 1.54) is 64.5 Å². The van der Waals surface area contributed by atoms with Gasteiger partial charge in [-0.2, -0.15) is 0 Å². The second-order valence-corrected chi connectivity index (χ2v) is 6.23. The van der Waals surface area contributed by atoms with Gasteiger partial charge in [-0.1, -0.05) is 19.3 Å². The number of hydrogen-bond acceptors (Lipinski definition) is 3. The van der Waals surface area contributed by atoms with Gasteiger partial charge in [-0.05, 0) is 32.1 Å². The molecule has 2 saturated carbocycles. The quantitative estimate of drug-likeness (QED) is 0.830. The number of nitrogens with zero attached hydrogens (tertiary/aromatic N) is 1. The van der Waals surface area contributed by atoms with E-state index in [9.17, 15) is 0 Å². The lowest BCUT2D eigenvalue weighted by Gasteiger charge is -2.38. The first-order valence-corrected chi connectivity index (χ1v) is 8.02. The molecule has 3 heteroatoms. The van der Waals surface area contributed by atoms with Crippen molar-refractivity contribution < 1.29 is 4.74 Å². The van der Waals surface area contributed by atoms with E-state index in [2.05, 4.69) is 10.2 Å². The molecular weight excluding hydrogens is 224 g/mol. The van der Waals surface area contributed by atoms with Gasteiger partial charge in [0.15, 0.2) is 0 Å². The standard InChI is InChI=1S/C15H28N2O/c1-2-5-13(6-3-1)16-9-10-17-11-12-18-15-8-4-7-14(15)17/h13-16H,1-12H2. The largest absolute Gasteiger partial charge is 0.375 e. The summed E-state index contributed by atoms with van der Waals surface area (Å²) < 4.78 is 5.87. The van der Waals surface area contributed by atoms with Crippen molar-refractivity contribution in [3.63, 3.8) is 0 Å². The molecule has 2 aliphatic carbocycles. The Balaban J connectivity index is 1.39. The van der Waals surface area contributed by atoms with Gasteiger partial charge in [0.1, 0.15) is 0 Å². The Kier molecular flexibility index (Phi) is 4.55. The Morgan fingerprint density at radius 2 is 1.89 bits per heavy atom. The zero-order valence-electron chi connectivity index (χ0n) is 11.6. The number of fused-ring (bicyclic) bond motifs is 1. The van der Waals surface area contributed by atoms with Crippen LogP contribution in [0.25, 0.3) is 0 Å². The van der Waals surface area contributed by atoms with Crippen molar-refractivity contribution in [2.75, 3.05) is 26.2 Å². The number of nitrogens with one attached hydrogen (secondary N) is 1. The van der Waals surface area contributed by atoms with Gasteiger partial charge in [0, 0.05) is 31.7 Å². The molecule has 3 aliphatic rings. The Labute approximate surface area is 111 Å². The fourth-order valence-electron chi connectivity index (χ4n) is 4.00. The lowest BCUT2D eigenvalue weighted by Crippen LogP contribution is -2.51. The molecule has 2 atom stereocenters. The molecule has 1 N–H and O–H groups in total. The maximum atomic E-state index is 5.87. The van der Waals surface area contributed by atoms with E-state index in [0.717, 1.165) is 25.2 Å². The number of morpholine rings is 1. The molecule has 1 saturated heterocycles. The first-order chi connectivity index (χ1) is 8.93. The Bertz CT molecular complexity index is 253. The summed E-state index contributed by atoms with van der Waals surface area (Å²) in [6.45, 7) is 4.49. The lowest BCUT2D eigenvalue weighted by atomic mass is 9.95. The lowest BCUT2D eigenvalue weighted by molar-refractivity contribution is -0.0550. The summed E-state index contributed by atoms with van der Waals surface area (Å²) in [5.41, 5.74) is 0. The van der Waals surface area contributed by atoms with Crippen LogP contribution in [0.1, 0.15) is 51.4 Å². The topological polar surface area (TPSA) is 24.5 Å². The molecule has 0 aromatic rings. The average Bonchev–Trinajstić information content (AvgIpc) is 2.89. The Morgan fingerprint density at radius 3 is 2.78 bits per heavy atom. The van der Waals surface area contributed by atoms with Crippen LogP contribution < -0.4 is 5.32 Å². The van der Waals surface area contributed by atoms with E-state index in [1.54, 1.807) is 0 Å². The zero-order valence-corrected chi connectivity index (χ0v) is 11.6. The van der Waals surface area contributed by atoms with Gasteiger partial charge in [0.2, 0.25) is 0 Å². The molecule has 0 aromatic carbocycles. The molecule has 2 unspecified atom stereocenters. The van der Waals surface area contributed by atoms with Crippen molar-refractivity contribution in [2.24, 2.45) is 0 Å². The molecular formula is C15H28N2O. The fourth-order valence-corrected chi connectivity index (χ4v) is 4.00.